The molecule has 0 N–H and O–H groups in total. The Hall–Kier alpha value is -8.37. The zero-order valence-corrected chi connectivity index (χ0v) is 42.8. The second kappa shape index (κ2) is 18.0. The Morgan fingerprint density at radius 1 is 0.473 bits per heavy atom. The van der Waals surface area contributed by atoms with Gasteiger partial charge in [0.05, 0.1) is 32.8 Å². The third kappa shape index (κ3) is 7.48. The number of allylic oxidation sites excluding steroid dienone is 1. The quantitative estimate of drug-likeness (QED) is 0.151. The van der Waals surface area contributed by atoms with Crippen molar-refractivity contribution in [1.82, 2.24) is 4.57 Å². The van der Waals surface area contributed by atoms with Gasteiger partial charge in [0, 0.05) is 37.7 Å². The number of aromatic nitrogens is 1. The standard InChI is InChI=1S/C71H54N2S/c1-4-58-59(36-24-45(3)69(51-31-27-49(28-32-51)47-25-22-44(2)23-26-47)72-70(58)52-33-29-48(30-34-52)46-14-6-5-7-15-46)57-40-63-68-60-21-13-12-16-50(60)35-37-67(68)74-71(63)66(43-57)73-64-41-55-19-10-8-17-53(55)38-61(64)62-39-54-18-9-11-20-56(54)42-65(62)73/h5-23,25-35,37-43,58-59H,4,24,36H2,1-3H3/b69-45+,72-70-. The lowest BCUT2D eigenvalue weighted by Crippen LogP contribution is -2.25. The maximum Gasteiger partial charge on any atom is 0.0694 e. The number of hydrogen-bond donors (Lipinski definition) is 0. The first-order valence-electron chi connectivity index (χ1n) is 26.3. The summed E-state index contributed by atoms with van der Waals surface area (Å²) in [6.45, 7) is 6.86. The van der Waals surface area contributed by atoms with Crippen LogP contribution < -0.4 is 0 Å². The Balaban J connectivity index is 1.01. The first kappa shape index (κ1) is 44.3. The molecular weight excluding hydrogens is 913 g/mol. The molecule has 0 amide bonds. The molecule has 0 aliphatic carbocycles. The number of nitrogens with zero attached hydrogens (tertiary/aromatic N) is 2. The number of hydrogen-bond acceptors (Lipinski definition) is 2. The van der Waals surface area contributed by atoms with Gasteiger partial charge in [-0.05, 0) is 153 Å². The molecule has 0 spiro atoms. The maximum atomic E-state index is 5.95. The molecule has 3 heterocycles. The summed E-state index contributed by atoms with van der Waals surface area (Å²) >= 11 is 1.94. The van der Waals surface area contributed by atoms with Gasteiger partial charge in [-0.1, -0.05) is 194 Å². The Bertz CT molecular complexity index is 4300. The molecule has 3 heteroatoms. The zero-order chi connectivity index (χ0) is 49.4. The normalized spacial score (nSPS) is 17.1. The fraction of sp³-hybridized carbons (Fsp3) is 0.113. The van der Waals surface area contributed by atoms with Crippen LogP contribution in [0.1, 0.15) is 61.3 Å². The van der Waals surface area contributed by atoms with Crippen molar-refractivity contribution in [2.75, 3.05) is 0 Å². The van der Waals surface area contributed by atoms with Crippen LogP contribution in [-0.4, -0.2) is 10.3 Å². The van der Waals surface area contributed by atoms with Crippen molar-refractivity contribution < 1.29 is 0 Å². The molecular formula is C71H54N2S. The Morgan fingerprint density at radius 2 is 1.00 bits per heavy atom. The van der Waals surface area contributed by atoms with E-state index in [1.807, 2.05) is 11.3 Å². The van der Waals surface area contributed by atoms with Crippen LogP contribution in [0.25, 0.3) is 108 Å². The van der Waals surface area contributed by atoms with Crippen molar-refractivity contribution in [2.45, 2.75) is 46.0 Å². The van der Waals surface area contributed by atoms with Gasteiger partial charge in [-0.15, -0.1) is 11.3 Å². The molecule has 2 unspecified atom stereocenters. The molecule has 11 aromatic carbocycles. The molecule has 1 aliphatic heterocycles. The largest absolute Gasteiger partial charge is 0.308 e. The van der Waals surface area contributed by atoms with Crippen LogP contribution in [0.4, 0.5) is 0 Å². The fourth-order valence-electron chi connectivity index (χ4n) is 12.4. The Kier molecular flexibility index (Phi) is 10.8. The number of aliphatic imine (C=N–C) groups is 1. The summed E-state index contributed by atoms with van der Waals surface area (Å²) < 4.78 is 5.26. The van der Waals surface area contributed by atoms with Crippen molar-refractivity contribution in [3.63, 3.8) is 0 Å². The Morgan fingerprint density at radius 3 is 1.62 bits per heavy atom. The van der Waals surface area contributed by atoms with Crippen molar-refractivity contribution in [3.8, 4) is 27.9 Å². The molecule has 1 aliphatic rings. The average molecular weight is 967 g/mol. The molecule has 0 bridgehead atoms. The molecule has 2 nitrogen and oxygen atoms in total. The predicted molar refractivity (Wildman–Crippen MR) is 320 cm³/mol. The highest BCUT2D eigenvalue weighted by Gasteiger charge is 2.32. The molecule has 0 fully saturated rings. The highest BCUT2D eigenvalue weighted by molar-refractivity contribution is 7.26. The van der Waals surface area contributed by atoms with Crippen LogP contribution in [0.15, 0.2) is 235 Å². The first-order chi connectivity index (χ1) is 36.4. The first-order valence-corrected chi connectivity index (χ1v) is 27.1. The lowest BCUT2D eigenvalue weighted by Gasteiger charge is -2.32. The molecule has 74 heavy (non-hydrogen) atoms. The molecule has 0 radical (unpaired) electrons. The van der Waals surface area contributed by atoms with Gasteiger partial charge >= 0.3 is 0 Å². The van der Waals surface area contributed by atoms with Gasteiger partial charge in [-0.2, -0.15) is 0 Å². The van der Waals surface area contributed by atoms with Gasteiger partial charge in [-0.3, -0.25) is 4.99 Å². The van der Waals surface area contributed by atoms with Crippen LogP contribution in [0.5, 0.6) is 0 Å². The highest BCUT2D eigenvalue weighted by atomic mass is 32.1. The summed E-state index contributed by atoms with van der Waals surface area (Å²) in [7, 11) is 0. The second-order valence-corrected chi connectivity index (χ2v) is 21.7. The number of aryl methyl sites for hydroxylation is 1. The summed E-state index contributed by atoms with van der Waals surface area (Å²) in [4.78, 5) is 5.95. The molecule has 13 aromatic rings. The number of rotatable bonds is 7. The van der Waals surface area contributed by atoms with Crippen LogP contribution in [0.3, 0.4) is 0 Å². The van der Waals surface area contributed by atoms with Crippen molar-refractivity contribution in [2.24, 2.45) is 10.9 Å². The van der Waals surface area contributed by atoms with E-state index in [-0.39, 0.29) is 11.8 Å². The van der Waals surface area contributed by atoms with Gasteiger partial charge in [0.25, 0.3) is 0 Å². The van der Waals surface area contributed by atoms with Crippen molar-refractivity contribution >= 4 is 97.0 Å². The van der Waals surface area contributed by atoms with Gasteiger partial charge in [-0.25, -0.2) is 0 Å². The molecule has 0 saturated heterocycles. The van der Waals surface area contributed by atoms with Gasteiger partial charge in [0.2, 0.25) is 0 Å². The predicted octanol–water partition coefficient (Wildman–Crippen LogP) is 20.1. The molecule has 2 atom stereocenters. The maximum absolute atomic E-state index is 5.95. The Labute approximate surface area is 436 Å². The summed E-state index contributed by atoms with van der Waals surface area (Å²) in [5, 5.41) is 12.8. The smallest absolute Gasteiger partial charge is 0.0694 e. The topological polar surface area (TPSA) is 17.3 Å². The van der Waals surface area contributed by atoms with E-state index in [4.69, 9.17) is 4.99 Å². The lowest BCUT2D eigenvalue weighted by atomic mass is 9.74. The van der Waals surface area contributed by atoms with E-state index < -0.39 is 0 Å². The fourth-order valence-corrected chi connectivity index (χ4v) is 13.6. The van der Waals surface area contributed by atoms with Crippen LogP contribution in [0, 0.1) is 12.8 Å². The SMILES string of the molecule is CCC1/C(c2ccc(-c3ccccc3)cc2)=N\C(c2ccc(-c3ccc(C)cc3)cc2)=C(/C)CCC1c1cc(-n2c3cc4ccccc4cc3c3cc4ccccc4cc32)c2sc3ccc4ccccc4c3c2c1. The highest BCUT2D eigenvalue weighted by Crippen LogP contribution is 2.48. The van der Waals surface area contributed by atoms with E-state index in [9.17, 15) is 0 Å². The monoisotopic (exact) mass is 966 g/mol. The minimum Gasteiger partial charge on any atom is -0.308 e. The third-order valence-electron chi connectivity index (χ3n) is 16.2. The minimum atomic E-state index is 0.130. The second-order valence-electron chi connectivity index (χ2n) is 20.6. The van der Waals surface area contributed by atoms with Gasteiger partial charge in [0.15, 0.2) is 0 Å². The van der Waals surface area contributed by atoms with Crippen LogP contribution in [-0.2, 0) is 0 Å². The van der Waals surface area contributed by atoms with Crippen LogP contribution >= 0.6 is 11.3 Å². The minimum absolute atomic E-state index is 0.130. The van der Waals surface area contributed by atoms with E-state index in [0.717, 1.165) is 36.2 Å². The van der Waals surface area contributed by atoms with Crippen molar-refractivity contribution in [3.05, 3.63) is 252 Å². The van der Waals surface area contributed by atoms with E-state index in [2.05, 4.69) is 250 Å². The van der Waals surface area contributed by atoms with E-state index in [0.29, 0.717) is 0 Å². The van der Waals surface area contributed by atoms with E-state index >= 15 is 0 Å². The van der Waals surface area contributed by atoms with E-state index in [1.165, 1.54) is 125 Å². The molecule has 354 valence electrons. The summed E-state index contributed by atoms with van der Waals surface area (Å²) in [6, 6.07) is 84.2. The van der Waals surface area contributed by atoms with Gasteiger partial charge < -0.3 is 4.57 Å². The summed E-state index contributed by atoms with van der Waals surface area (Å²) in [6.07, 6.45) is 2.87. The zero-order valence-electron chi connectivity index (χ0n) is 41.9. The number of fused-ring (bicyclic) bond motifs is 10. The summed E-state index contributed by atoms with van der Waals surface area (Å²) in [5.41, 5.74) is 17.1. The third-order valence-corrected chi connectivity index (χ3v) is 17.4. The number of thiophene rings is 1. The molecule has 0 saturated carbocycles. The molecule has 2 aromatic heterocycles. The van der Waals surface area contributed by atoms with Crippen molar-refractivity contribution in [1.29, 1.82) is 0 Å². The lowest BCUT2D eigenvalue weighted by molar-refractivity contribution is 0.486. The van der Waals surface area contributed by atoms with E-state index in [1.54, 1.807) is 0 Å². The van der Waals surface area contributed by atoms with Gasteiger partial charge in [0.1, 0.15) is 0 Å². The van der Waals surface area contributed by atoms with Crippen LogP contribution in [0.2, 0.25) is 0 Å². The number of benzene rings is 11. The summed E-state index contributed by atoms with van der Waals surface area (Å²) in [5.74, 6) is 0.307. The molecule has 14 rings (SSSR count). The average Bonchev–Trinajstić information content (AvgIpc) is 4.02.